The summed E-state index contributed by atoms with van der Waals surface area (Å²) < 4.78 is 1.04. The molecule has 1 N–H and O–H groups in total. The molecule has 0 saturated carbocycles. The number of hydrogen-bond acceptors (Lipinski definition) is 5. The summed E-state index contributed by atoms with van der Waals surface area (Å²) in [6.07, 6.45) is 0.765. The van der Waals surface area contributed by atoms with Crippen LogP contribution in [0.5, 0.6) is 5.75 Å². The maximum atomic E-state index is 10.3. The molecule has 0 bridgehead atoms. The van der Waals surface area contributed by atoms with Crippen LogP contribution in [0.1, 0.15) is 29.3 Å². The first-order valence-corrected chi connectivity index (χ1v) is 11.2. The third-order valence-electron chi connectivity index (χ3n) is 5.49. The molecule has 0 fully saturated rings. The van der Waals surface area contributed by atoms with Crippen LogP contribution >= 0.6 is 15.9 Å². The van der Waals surface area contributed by atoms with Crippen LogP contribution in [-0.2, 0) is 0 Å². The Morgan fingerprint density at radius 3 is 2.38 bits per heavy atom. The van der Waals surface area contributed by atoms with E-state index in [1.54, 1.807) is 12.1 Å². The molecule has 1 aliphatic heterocycles. The second-order valence-corrected chi connectivity index (χ2v) is 8.65. The molecule has 0 amide bonds. The summed E-state index contributed by atoms with van der Waals surface area (Å²) >= 11 is 3.53. The Morgan fingerprint density at radius 2 is 1.62 bits per heavy atom. The van der Waals surface area contributed by atoms with Gasteiger partial charge < -0.3 is 5.11 Å². The second-order valence-electron chi connectivity index (χ2n) is 7.74. The fourth-order valence-corrected chi connectivity index (χ4v) is 4.19. The van der Waals surface area contributed by atoms with Gasteiger partial charge in [-0.1, -0.05) is 70.5 Å². The molecule has 1 aliphatic rings. The van der Waals surface area contributed by atoms with E-state index >= 15 is 0 Å². The first-order chi connectivity index (χ1) is 15.6. The fourth-order valence-electron chi connectivity index (χ4n) is 3.92. The lowest BCUT2D eigenvalue weighted by Crippen LogP contribution is -2.20. The number of para-hydroxylation sites is 1. The first-order valence-electron chi connectivity index (χ1n) is 10.4. The number of phenols is 1. The van der Waals surface area contributed by atoms with E-state index in [-0.39, 0.29) is 11.8 Å². The molecule has 0 radical (unpaired) electrons. The first kappa shape index (κ1) is 20.4. The van der Waals surface area contributed by atoms with Gasteiger partial charge >= 0.3 is 0 Å². The number of phenolic OH excluding ortho intramolecular Hbond substituents is 1. The third-order valence-corrected chi connectivity index (χ3v) is 6.02. The van der Waals surface area contributed by atoms with Crippen LogP contribution in [0, 0.1) is 6.92 Å². The standard InChI is InChI=1S/C26H21BrN4O/c1-17-15-25(29-26(28-17)21-9-5-6-10-24(21)32)31-23(19-11-13-20(27)14-12-19)16-22(30-31)18-7-3-2-4-8-18/h2-15,23,32H,16H2,1H3/t23-/m0/s1. The van der Waals surface area contributed by atoms with Gasteiger partial charge in [-0.25, -0.2) is 15.0 Å². The fraction of sp³-hybridized carbons (Fsp3) is 0.115. The number of hydrazone groups is 1. The number of aromatic nitrogens is 2. The van der Waals surface area contributed by atoms with Gasteiger partial charge in [0.05, 0.1) is 17.3 Å². The Morgan fingerprint density at radius 1 is 0.906 bits per heavy atom. The van der Waals surface area contributed by atoms with E-state index in [1.165, 1.54) is 0 Å². The maximum absolute atomic E-state index is 10.3. The molecule has 0 aliphatic carbocycles. The summed E-state index contributed by atoms with van der Waals surface area (Å²) in [5.41, 5.74) is 4.68. The number of halogens is 1. The van der Waals surface area contributed by atoms with Crippen LogP contribution in [0.4, 0.5) is 5.82 Å². The van der Waals surface area contributed by atoms with Crippen molar-refractivity contribution in [2.24, 2.45) is 5.10 Å². The summed E-state index contributed by atoms with van der Waals surface area (Å²) in [7, 11) is 0. The summed E-state index contributed by atoms with van der Waals surface area (Å²) in [5.74, 6) is 1.34. The minimum atomic E-state index is 0.00447. The Hall–Kier alpha value is -3.51. The topological polar surface area (TPSA) is 61.6 Å². The molecule has 2 heterocycles. The highest BCUT2D eigenvalue weighted by atomic mass is 79.9. The highest BCUT2D eigenvalue weighted by Crippen LogP contribution is 2.37. The molecule has 4 aromatic rings. The largest absolute Gasteiger partial charge is 0.507 e. The minimum absolute atomic E-state index is 0.00447. The summed E-state index contributed by atoms with van der Waals surface area (Å²) in [4.78, 5) is 9.38. The molecular weight excluding hydrogens is 464 g/mol. The van der Waals surface area contributed by atoms with Gasteiger partial charge in [-0.15, -0.1) is 0 Å². The van der Waals surface area contributed by atoms with Crippen LogP contribution in [-0.4, -0.2) is 20.8 Å². The van der Waals surface area contributed by atoms with Crippen LogP contribution in [0.15, 0.2) is 94.5 Å². The number of hydrogen-bond donors (Lipinski definition) is 1. The summed E-state index contributed by atoms with van der Waals surface area (Å²) in [6.45, 7) is 1.93. The molecule has 5 rings (SSSR count). The molecule has 32 heavy (non-hydrogen) atoms. The summed E-state index contributed by atoms with van der Waals surface area (Å²) in [5, 5.41) is 17.3. The maximum Gasteiger partial charge on any atom is 0.165 e. The molecule has 0 spiro atoms. The van der Waals surface area contributed by atoms with Crippen molar-refractivity contribution in [1.29, 1.82) is 0 Å². The molecule has 0 saturated heterocycles. The lowest BCUT2D eigenvalue weighted by molar-refractivity contribution is 0.477. The number of benzene rings is 3. The highest BCUT2D eigenvalue weighted by molar-refractivity contribution is 9.10. The number of nitrogens with zero attached hydrogens (tertiary/aromatic N) is 4. The van der Waals surface area contributed by atoms with Crippen molar-refractivity contribution in [3.8, 4) is 17.1 Å². The van der Waals surface area contributed by atoms with Gasteiger partial charge in [-0.2, -0.15) is 5.10 Å². The van der Waals surface area contributed by atoms with Crippen molar-refractivity contribution < 1.29 is 5.11 Å². The zero-order valence-electron chi connectivity index (χ0n) is 17.5. The molecule has 158 valence electrons. The van der Waals surface area contributed by atoms with Gasteiger partial charge in [0.1, 0.15) is 5.75 Å². The van der Waals surface area contributed by atoms with Gasteiger partial charge in [0.2, 0.25) is 0 Å². The monoisotopic (exact) mass is 484 g/mol. The molecular formula is C26H21BrN4O. The predicted molar refractivity (Wildman–Crippen MR) is 131 cm³/mol. The van der Waals surface area contributed by atoms with Gasteiger partial charge in [0.25, 0.3) is 0 Å². The van der Waals surface area contributed by atoms with Crippen molar-refractivity contribution in [3.63, 3.8) is 0 Å². The molecule has 1 atom stereocenters. The Labute approximate surface area is 195 Å². The Kier molecular flexibility index (Phi) is 5.45. The van der Waals surface area contributed by atoms with Crippen molar-refractivity contribution in [1.82, 2.24) is 9.97 Å². The Balaban J connectivity index is 1.62. The minimum Gasteiger partial charge on any atom is -0.507 e. The van der Waals surface area contributed by atoms with Gasteiger partial charge in [-0.3, -0.25) is 0 Å². The SMILES string of the molecule is Cc1cc(N2N=C(c3ccccc3)C[C@H]2c2ccc(Br)cc2)nc(-c2ccccc2O)n1. The van der Waals surface area contributed by atoms with Crippen molar-refractivity contribution in [3.05, 3.63) is 106 Å². The second kappa shape index (κ2) is 8.55. The zero-order valence-corrected chi connectivity index (χ0v) is 19.1. The van der Waals surface area contributed by atoms with E-state index < -0.39 is 0 Å². The lowest BCUT2D eigenvalue weighted by Gasteiger charge is -2.23. The van der Waals surface area contributed by atoms with E-state index in [0.29, 0.717) is 17.2 Å². The van der Waals surface area contributed by atoms with Gasteiger partial charge in [0.15, 0.2) is 11.6 Å². The van der Waals surface area contributed by atoms with Crippen molar-refractivity contribution in [2.45, 2.75) is 19.4 Å². The average Bonchev–Trinajstić information content (AvgIpc) is 3.26. The van der Waals surface area contributed by atoms with Gasteiger partial charge in [-0.05, 0) is 42.3 Å². The normalized spacial score (nSPS) is 15.6. The molecule has 0 unspecified atom stereocenters. The van der Waals surface area contributed by atoms with Crippen LogP contribution < -0.4 is 5.01 Å². The quantitative estimate of drug-likeness (QED) is 0.370. The van der Waals surface area contributed by atoms with E-state index in [1.807, 2.05) is 60.5 Å². The van der Waals surface area contributed by atoms with Crippen LogP contribution in [0.2, 0.25) is 0 Å². The average molecular weight is 485 g/mol. The van der Waals surface area contributed by atoms with Crippen molar-refractivity contribution in [2.75, 3.05) is 5.01 Å². The molecule has 1 aromatic heterocycles. The number of rotatable bonds is 4. The van der Waals surface area contributed by atoms with Crippen molar-refractivity contribution >= 4 is 27.5 Å². The number of aryl methyl sites for hydroxylation is 1. The number of aromatic hydroxyl groups is 1. The molecule has 3 aromatic carbocycles. The van der Waals surface area contributed by atoms with E-state index in [2.05, 4.69) is 45.2 Å². The third kappa shape index (κ3) is 4.01. The lowest BCUT2D eigenvalue weighted by atomic mass is 9.98. The smallest absolute Gasteiger partial charge is 0.165 e. The molecule has 6 heteroatoms. The van der Waals surface area contributed by atoms with Crippen LogP contribution in [0.25, 0.3) is 11.4 Å². The van der Waals surface area contributed by atoms with E-state index in [4.69, 9.17) is 10.1 Å². The van der Waals surface area contributed by atoms with E-state index in [0.717, 1.165) is 33.4 Å². The highest BCUT2D eigenvalue weighted by Gasteiger charge is 2.31. The number of anilines is 1. The molecule has 5 nitrogen and oxygen atoms in total. The summed E-state index contributed by atoms with van der Waals surface area (Å²) in [6, 6.07) is 27.6. The zero-order chi connectivity index (χ0) is 22.1. The van der Waals surface area contributed by atoms with Gasteiger partial charge in [0, 0.05) is 22.7 Å². The van der Waals surface area contributed by atoms with E-state index in [9.17, 15) is 5.11 Å². The predicted octanol–water partition coefficient (Wildman–Crippen LogP) is 6.28. The van der Waals surface area contributed by atoms with Crippen LogP contribution in [0.3, 0.4) is 0 Å². The Bertz CT molecular complexity index is 1290.